The van der Waals surface area contributed by atoms with Gasteiger partial charge in [0.05, 0.1) is 0 Å². The molecule has 2 heteroatoms. The Kier molecular flexibility index (Phi) is 5.30. The Balaban J connectivity index is 0.00000128. The zero-order chi connectivity index (χ0) is 10.3. The molecule has 1 aromatic carbocycles. The van der Waals surface area contributed by atoms with E-state index < -0.39 is 0 Å². The predicted octanol–water partition coefficient (Wildman–Crippen LogP) is -0.308. The molecule has 1 aromatic heterocycles. The van der Waals surface area contributed by atoms with E-state index in [0.29, 0.717) is 0 Å². The van der Waals surface area contributed by atoms with Gasteiger partial charge in [-0.25, -0.2) is 0 Å². The van der Waals surface area contributed by atoms with Gasteiger partial charge in [-0.2, -0.15) is 4.57 Å². The Morgan fingerprint density at radius 2 is 1.50 bits per heavy atom. The van der Waals surface area contributed by atoms with Crippen LogP contribution in [-0.4, -0.2) is 0 Å². The van der Waals surface area contributed by atoms with E-state index in [4.69, 9.17) is 0 Å². The molecule has 0 saturated heterocycles. The lowest BCUT2D eigenvalue weighted by Crippen LogP contribution is -3.00. The first-order chi connectivity index (χ1) is 7.45. The van der Waals surface area contributed by atoms with E-state index in [0.717, 1.165) is 6.42 Å². The third-order valence-corrected chi connectivity index (χ3v) is 2.21. The third kappa shape index (κ3) is 3.87. The van der Waals surface area contributed by atoms with Crippen LogP contribution in [-0.2, 0) is 6.42 Å². The molecule has 2 aromatic rings. The minimum atomic E-state index is 0. The highest BCUT2D eigenvalue weighted by Crippen LogP contribution is 1.99. The van der Waals surface area contributed by atoms with Gasteiger partial charge in [0, 0.05) is 12.1 Å². The summed E-state index contributed by atoms with van der Waals surface area (Å²) < 4.78 is 2.04. The first kappa shape index (κ1) is 12.5. The van der Waals surface area contributed by atoms with E-state index in [-0.39, 0.29) is 12.4 Å². The van der Waals surface area contributed by atoms with Crippen LogP contribution >= 0.6 is 0 Å². The number of benzene rings is 1. The summed E-state index contributed by atoms with van der Waals surface area (Å²) in [5.41, 5.74) is 1.34. The summed E-state index contributed by atoms with van der Waals surface area (Å²) in [6.07, 6.45) is 9.27. The molecule has 1 heterocycles. The fourth-order valence-corrected chi connectivity index (χ4v) is 1.44. The van der Waals surface area contributed by atoms with Gasteiger partial charge in [-0.3, -0.25) is 0 Å². The smallest absolute Gasteiger partial charge is 0.174 e. The van der Waals surface area contributed by atoms with Crippen molar-refractivity contribution in [1.82, 2.24) is 0 Å². The minimum absolute atomic E-state index is 0. The van der Waals surface area contributed by atoms with Crippen molar-refractivity contribution in [2.24, 2.45) is 0 Å². The number of hydrogen-bond donors (Lipinski definition) is 0. The van der Waals surface area contributed by atoms with Gasteiger partial charge in [0.1, 0.15) is 0 Å². The van der Waals surface area contributed by atoms with Gasteiger partial charge in [0.15, 0.2) is 18.6 Å². The van der Waals surface area contributed by atoms with Crippen LogP contribution in [0, 0.1) is 0 Å². The number of hydrogen-bond acceptors (Lipinski definition) is 0. The summed E-state index contributed by atoms with van der Waals surface area (Å²) in [6, 6.07) is 16.5. The van der Waals surface area contributed by atoms with Gasteiger partial charge >= 0.3 is 0 Å². The lowest BCUT2D eigenvalue weighted by atomic mass is 10.1. The molecule has 0 aliphatic carbocycles. The van der Waals surface area contributed by atoms with Crippen LogP contribution in [0.1, 0.15) is 5.56 Å². The number of pyridine rings is 1. The zero-order valence-electron chi connectivity index (χ0n) is 8.96. The van der Waals surface area contributed by atoms with Gasteiger partial charge in [-0.15, -0.1) is 0 Å². The molecule has 0 unspecified atom stereocenters. The molecule has 0 fully saturated rings. The molecule has 82 valence electrons. The lowest BCUT2D eigenvalue weighted by Gasteiger charge is -1.92. The van der Waals surface area contributed by atoms with Gasteiger partial charge < -0.3 is 12.4 Å². The largest absolute Gasteiger partial charge is 1.00 e. The summed E-state index contributed by atoms with van der Waals surface area (Å²) in [4.78, 5) is 0. The second kappa shape index (κ2) is 6.81. The van der Waals surface area contributed by atoms with Crippen LogP contribution in [0.3, 0.4) is 0 Å². The van der Waals surface area contributed by atoms with Crippen molar-refractivity contribution in [3.05, 3.63) is 72.6 Å². The molecule has 0 aliphatic rings. The highest BCUT2D eigenvalue weighted by molar-refractivity contribution is 5.20. The molecule has 0 atom stereocenters. The van der Waals surface area contributed by atoms with Crippen LogP contribution in [0.5, 0.6) is 0 Å². The maximum absolute atomic E-state index is 2.16. The third-order valence-electron chi connectivity index (χ3n) is 2.21. The first-order valence-electron chi connectivity index (χ1n) is 5.11. The Hall–Kier alpha value is -1.60. The number of aromatic nitrogens is 1. The number of halogens is 1. The van der Waals surface area contributed by atoms with E-state index in [1.807, 2.05) is 41.2 Å². The fourth-order valence-electron chi connectivity index (χ4n) is 1.44. The van der Waals surface area contributed by atoms with Crippen LogP contribution in [0.4, 0.5) is 0 Å². The fraction of sp³-hybridized carbons (Fsp3) is 0.0714. The summed E-state index contributed by atoms with van der Waals surface area (Å²) in [7, 11) is 0. The summed E-state index contributed by atoms with van der Waals surface area (Å²) in [5, 5.41) is 0. The van der Waals surface area contributed by atoms with E-state index >= 15 is 0 Å². The molecular weight excluding hydrogens is 218 g/mol. The highest BCUT2D eigenvalue weighted by Gasteiger charge is 1.90. The first-order valence-corrected chi connectivity index (χ1v) is 5.11. The van der Waals surface area contributed by atoms with Crippen molar-refractivity contribution in [3.8, 4) is 0 Å². The maximum Gasteiger partial charge on any atom is 0.174 e. The number of rotatable bonds is 3. The SMILES string of the molecule is C(=C[n+]1ccccc1)Cc1ccccc1.[Cl-]. The standard InChI is InChI=1S/C14H14N.ClH/c1-3-8-14(9-4-1)10-7-13-15-11-5-2-6-12-15;/h1-9,11-13H,10H2;1H/q+1;/p-1. The maximum atomic E-state index is 2.16. The van der Waals surface area contributed by atoms with Crippen molar-refractivity contribution in [1.29, 1.82) is 0 Å². The van der Waals surface area contributed by atoms with Gasteiger partial charge in [0.2, 0.25) is 0 Å². The summed E-state index contributed by atoms with van der Waals surface area (Å²) >= 11 is 0. The highest BCUT2D eigenvalue weighted by atomic mass is 35.5. The molecule has 1 nitrogen and oxygen atoms in total. The van der Waals surface area contributed by atoms with Crippen LogP contribution < -0.4 is 17.0 Å². The van der Waals surface area contributed by atoms with Crippen LogP contribution in [0.15, 0.2) is 67.0 Å². The molecular formula is C14H14ClN. The Bertz CT molecular complexity index is 423. The molecule has 2 rings (SSSR count). The molecule has 16 heavy (non-hydrogen) atoms. The number of allylic oxidation sites excluding steroid dienone is 1. The molecule has 0 radical (unpaired) electrons. The molecule has 0 bridgehead atoms. The van der Waals surface area contributed by atoms with Crippen molar-refractivity contribution in [2.45, 2.75) is 6.42 Å². The Labute approximate surface area is 102 Å². The Morgan fingerprint density at radius 1 is 0.875 bits per heavy atom. The average Bonchev–Trinajstić information content (AvgIpc) is 2.32. The van der Waals surface area contributed by atoms with E-state index in [1.54, 1.807) is 0 Å². The second-order valence-electron chi connectivity index (χ2n) is 3.40. The number of nitrogens with zero attached hydrogens (tertiary/aromatic N) is 1. The predicted molar refractivity (Wildman–Crippen MR) is 62.1 cm³/mol. The van der Waals surface area contributed by atoms with Crippen molar-refractivity contribution >= 4 is 6.20 Å². The molecule has 0 saturated carbocycles. The van der Waals surface area contributed by atoms with Crippen molar-refractivity contribution in [3.63, 3.8) is 0 Å². The van der Waals surface area contributed by atoms with E-state index in [1.165, 1.54) is 5.56 Å². The summed E-state index contributed by atoms with van der Waals surface area (Å²) in [5.74, 6) is 0. The van der Waals surface area contributed by atoms with Crippen LogP contribution in [0.2, 0.25) is 0 Å². The quantitative estimate of drug-likeness (QED) is 0.639. The van der Waals surface area contributed by atoms with Gasteiger partial charge in [0.25, 0.3) is 0 Å². The minimum Gasteiger partial charge on any atom is -1.00 e. The monoisotopic (exact) mass is 231 g/mol. The Morgan fingerprint density at radius 3 is 2.19 bits per heavy atom. The lowest BCUT2D eigenvalue weighted by molar-refractivity contribution is -0.568. The van der Waals surface area contributed by atoms with E-state index in [9.17, 15) is 0 Å². The molecule has 0 aliphatic heterocycles. The van der Waals surface area contributed by atoms with Crippen molar-refractivity contribution in [2.75, 3.05) is 0 Å². The van der Waals surface area contributed by atoms with Crippen molar-refractivity contribution < 1.29 is 17.0 Å². The second-order valence-corrected chi connectivity index (χ2v) is 3.40. The topological polar surface area (TPSA) is 3.88 Å². The normalized spacial score (nSPS) is 10.0. The molecule has 0 N–H and O–H groups in total. The molecule has 0 spiro atoms. The zero-order valence-corrected chi connectivity index (χ0v) is 9.72. The summed E-state index contributed by atoms with van der Waals surface area (Å²) in [6.45, 7) is 0. The van der Waals surface area contributed by atoms with E-state index in [2.05, 4.69) is 36.5 Å². The van der Waals surface area contributed by atoms with Gasteiger partial charge in [-0.05, 0) is 18.1 Å². The van der Waals surface area contributed by atoms with Gasteiger partial charge in [-0.1, -0.05) is 36.4 Å². The van der Waals surface area contributed by atoms with Crippen LogP contribution in [0.25, 0.3) is 6.20 Å². The molecule has 0 amide bonds. The average molecular weight is 232 g/mol.